The van der Waals surface area contributed by atoms with Gasteiger partial charge in [0, 0.05) is 0 Å². The lowest BCUT2D eigenvalue weighted by molar-refractivity contribution is 0.282. The van der Waals surface area contributed by atoms with Crippen LogP contribution >= 0.6 is 0 Å². The van der Waals surface area contributed by atoms with Gasteiger partial charge in [-0.2, -0.15) is 0 Å². The summed E-state index contributed by atoms with van der Waals surface area (Å²) >= 11 is 0. The second kappa shape index (κ2) is 3.76. The van der Waals surface area contributed by atoms with E-state index in [1.165, 1.54) is 14.2 Å². The average molecular weight is 144 g/mol. The maximum atomic E-state index is 7.14. The zero-order valence-electron chi connectivity index (χ0n) is 6.39. The largest absolute Gasteiger partial charge is 0.482 e. The van der Waals surface area contributed by atoms with Crippen LogP contribution in [0.1, 0.15) is 6.92 Å². The third-order valence-electron chi connectivity index (χ3n) is 1.13. The molecule has 0 bridgehead atoms. The van der Waals surface area contributed by atoms with Crippen LogP contribution in [-0.4, -0.2) is 20.1 Å². The summed E-state index contributed by atoms with van der Waals surface area (Å²) < 4.78 is 9.27. The van der Waals surface area contributed by atoms with E-state index in [1.54, 1.807) is 6.92 Å². The van der Waals surface area contributed by atoms with Crippen LogP contribution in [0.5, 0.6) is 0 Å². The van der Waals surface area contributed by atoms with Crippen molar-refractivity contribution < 1.29 is 9.47 Å². The fourth-order valence-corrected chi connectivity index (χ4v) is 0.418. The molecule has 0 unspecified atom stereocenters. The first-order chi connectivity index (χ1) is 4.63. The summed E-state index contributed by atoms with van der Waals surface area (Å²) in [7, 11) is 2.86. The molecule has 0 saturated heterocycles. The van der Waals surface area contributed by atoms with Gasteiger partial charge < -0.3 is 15.2 Å². The van der Waals surface area contributed by atoms with Gasteiger partial charge in [-0.05, 0) is 6.92 Å². The molecule has 0 aromatic heterocycles. The summed E-state index contributed by atoms with van der Waals surface area (Å²) in [5, 5.41) is 7.14. The first kappa shape index (κ1) is 8.81. The summed E-state index contributed by atoms with van der Waals surface area (Å²) in [4.78, 5) is 0. The first-order valence-corrected chi connectivity index (χ1v) is 2.76. The molecule has 0 aromatic carbocycles. The van der Waals surface area contributed by atoms with Crippen LogP contribution in [0.3, 0.4) is 0 Å². The molecule has 58 valence electrons. The van der Waals surface area contributed by atoms with E-state index in [4.69, 9.17) is 11.1 Å². The molecule has 0 spiro atoms. The SMILES string of the molecule is COC(=N)/C(C)=C(\N)OC. The molecule has 0 aliphatic rings. The van der Waals surface area contributed by atoms with Crippen LogP contribution in [0.25, 0.3) is 0 Å². The van der Waals surface area contributed by atoms with Gasteiger partial charge >= 0.3 is 0 Å². The molecule has 4 heteroatoms. The minimum absolute atomic E-state index is 0.0272. The van der Waals surface area contributed by atoms with Gasteiger partial charge in [-0.15, -0.1) is 0 Å². The molecule has 0 atom stereocenters. The summed E-state index contributed by atoms with van der Waals surface area (Å²) in [6.45, 7) is 1.66. The molecule has 0 heterocycles. The minimum atomic E-state index is 0.0272. The van der Waals surface area contributed by atoms with Gasteiger partial charge in [-0.3, -0.25) is 5.41 Å². The molecule has 0 aliphatic heterocycles. The first-order valence-electron chi connectivity index (χ1n) is 2.76. The van der Waals surface area contributed by atoms with Crippen LogP contribution in [0.4, 0.5) is 0 Å². The third kappa shape index (κ3) is 1.97. The highest BCUT2D eigenvalue weighted by molar-refractivity contribution is 5.90. The van der Waals surface area contributed by atoms with Crippen molar-refractivity contribution in [2.75, 3.05) is 14.2 Å². The van der Waals surface area contributed by atoms with Crippen LogP contribution in [0, 0.1) is 5.41 Å². The average Bonchev–Trinajstić information content (AvgIpc) is 2.00. The maximum Gasteiger partial charge on any atom is 0.213 e. The normalized spacial score (nSPS) is 11.9. The molecule has 0 radical (unpaired) electrons. The Labute approximate surface area is 60.1 Å². The highest BCUT2D eigenvalue weighted by Gasteiger charge is 2.03. The maximum absolute atomic E-state index is 7.14. The summed E-state index contributed by atoms with van der Waals surface area (Å²) in [6.07, 6.45) is 0. The number of hydrogen-bond donors (Lipinski definition) is 2. The summed E-state index contributed by atoms with van der Waals surface area (Å²) in [5.74, 6) is 0.242. The molecule has 4 nitrogen and oxygen atoms in total. The molecule has 10 heavy (non-hydrogen) atoms. The zero-order chi connectivity index (χ0) is 8.15. The summed E-state index contributed by atoms with van der Waals surface area (Å²) in [5.41, 5.74) is 5.83. The predicted octanol–water partition coefficient (Wildman–Crippen LogP) is 0.447. The molecule has 3 N–H and O–H groups in total. The molecule has 0 aliphatic carbocycles. The van der Waals surface area contributed by atoms with Crippen LogP contribution in [-0.2, 0) is 9.47 Å². The van der Waals surface area contributed by atoms with Crippen LogP contribution in [0.15, 0.2) is 11.5 Å². The van der Waals surface area contributed by atoms with Crippen molar-refractivity contribution >= 4 is 5.90 Å². The van der Waals surface area contributed by atoms with Gasteiger partial charge in [0.1, 0.15) is 0 Å². The molecular weight excluding hydrogens is 132 g/mol. The van der Waals surface area contributed by atoms with Crippen molar-refractivity contribution in [3.8, 4) is 0 Å². The van der Waals surface area contributed by atoms with Gasteiger partial charge in [0.15, 0.2) is 5.88 Å². The fourth-order valence-electron chi connectivity index (χ4n) is 0.418. The number of nitrogens with two attached hydrogens (primary N) is 1. The Hall–Kier alpha value is -1.19. The number of hydrogen-bond acceptors (Lipinski definition) is 4. The number of nitrogens with one attached hydrogen (secondary N) is 1. The Balaban J connectivity index is 4.30. The van der Waals surface area contributed by atoms with E-state index in [1.807, 2.05) is 0 Å². The lowest BCUT2D eigenvalue weighted by atomic mass is 10.3. The van der Waals surface area contributed by atoms with Gasteiger partial charge in [0.05, 0.1) is 19.8 Å². The monoisotopic (exact) mass is 144 g/mol. The molecule has 0 rings (SSSR count). The highest BCUT2D eigenvalue weighted by Crippen LogP contribution is 1.99. The fraction of sp³-hybridized carbons (Fsp3) is 0.500. The van der Waals surface area contributed by atoms with Gasteiger partial charge in [-0.1, -0.05) is 0 Å². The van der Waals surface area contributed by atoms with E-state index >= 15 is 0 Å². The molecular formula is C6H12N2O2. The van der Waals surface area contributed by atoms with E-state index in [0.717, 1.165) is 0 Å². The number of ether oxygens (including phenoxy) is 2. The van der Waals surface area contributed by atoms with Crippen LogP contribution < -0.4 is 5.73 Å². The van der Waals surface area contributed by atoms with Crippen molar-refractivity contribution in [3.63, 3.8) is 0 Å². The standard InChI is InChI=1S/C6H12N2O2/c1-4(5(7)9-2)6(8)10-3/h7H,8H2,1-3H3/b6-4+,7-5?. The van der Waals surface area contributed by atoms with Crippen LogP contribution in [0.2, 0.25) is 0 Å². The highest BCUT2D eigenvalue weighted by atomic mass is 16.5. The van der Waals surface area contributed by atoms with Crippen molar-refractivity contribution in [2.24, 2.45) is 5.73 Å². The van der Waals surface area contributed by atoms with Gasteiger partial charge in [-0.25, -0.2) is 0 Å². The lowest BCUT2D eigenvalue weighted by Crippen LogP contribution is -2.10. The minimum Gasteiger partial charge on any atom is -0.482 e. The second-order valence-corrected chi connectivity index (χ2v) is 1.73. The zero-order valence-corrected chi connectivity index (χ0v) is 6.39. The molecule has 0 aromatic rings. The summed E-state index contributed by atoms with van der Waals surface area (Å²) in [6, 6.07) is 0. The number of methoxy groups -OCH3 is 2. The van der Waals surface area contributed by atoms with Gasteiger partial charge in [0.25, 0.3) is 0 Å². The van der Waals surface area contributed by atoms with Crippen molar-refractivity contribution in [3.05, 3.63) is 11.5 Å². The van der Waals surface area contributed by atoms with E-state index in [-0.39, 0.29) is 11.8 Å². The van der Waals surface area contributed by atoms with E-state index in [0.29, 0.717) is 5.57 Å². The Bertz CT molecular complexity index is 163. The van der Waals surface area contributed by atoms with E-state index in [9.17, 15) is 0 Å². The predicted molar refractivity (Wildman–Crippen MR) is 38.6 cm³/mol. The smallest absolute Gasteiger partial charge is 0.213 e. The van der Waals surface area contributed by atoms with E-state index < -0.39 is 0 Å². The second-order valence-electron chi connectivity index (χ2n) is 1.73. The van der Waals surface area contributed by atoms with Crippen molar-refractivity contribution in [2.45, 2.75) is 6.92 Å². The Morgan fingerprint density at radius 1 is 1.30 bits per heavy atom. The Kier molecular flexibility index (Phi) is 3.32. The van der Waals surface area contributed by atoms with E-state index in [2.05, 4.69) is 9.47 Å². The Morgan fingerprint density at radius 2 is 1.80 bits per heavy atom. The van der Waals surface area contributed by atoms with Crippen molar-refractivity contribution in [1.29, 1.82) is 5.41 Å². The molecule has 0 amide bonds. The van der Waals surface area contributed by atoms with Gasteiger partial charge in [0.2, 0.25) is 5.90 Å². The topological polar surface area (TPSA) is 68.3 Å². The third-order valence-corrected chi connectivity index (χ3v) is 1.13. The molecule has 0 saturated carbocycles. The van der Waals surface area contributed by atoms with Crippen molar-refractivity contribution in [1.82, 2.24) is 0 Å². The quantitative estimate of drug-likeness (QED) is 0.336. The Morgan fingerprint density at radius 3 is 2.10 bits per heavy atom. The molecule has 0 fully saturated rings. The lowest BCUT2D eigenvalue weighted by Gasteiger charge is -2.05. The number of rotatable bonds is 2.